The molecule has 0 atom stereocenters. The van der Waals surface area contributed by atoms with Crippen LogP contribution in [-0.2, 0) is 9.53 Å². The van der Waals surface area contributed by atoms with Gasteiger partial charge in [0.25, 0.3) is 5.78 Å². The molecule has 0 saturated carbocycles. The molecule has 0 fully saturated rings. The highest BCUT2D eigenvalue weighted by atomic mass is 32.1. The standard InChI is InChI=1S/C7H7NO3S/c1-2-11-7(10)6(9)5-3-4-8-12-5/h3-4H,2H2,1H3. The largest absolute Gasteiger partial charge is 0.460 e. The van der Waals surface area contributed by atoms with E-state index in [0.717, 1.165) is 11.5 Å². The first-order chi connectivity index (χ1) is 5.75. The van der Waals surface area contributed by atoms with Gasteiger partial charge in [-0.25, -0.2) is 9.17 Å². The molecule has 0 saturated heterocycles. The summed E-state index contributed by atoms with van der Waals surface area (Å²) in [6.07, 6.45) is 1.47. The highest BCUT2D eigenvalue weighted by Crippen LogP contribution is 2.06. The number of esters is 1. The van der Waals surface area contributed by atoms with E-state index in [0.29, 0.717) is 4.88 Å². The van der Waals surface area contributed by atoms with E-state index in [1.54, 1.807) is 6.92 Å². The van der Waals surface area contributed by atoms with Crippen molar-refractivity contribution in [2.75, 3.05) is 6.61 Å². The van der Waals surface area contributed by atoms with Crippen molar-refractivity contribution in [1.29, 1.82) is 0 Å². The number of aromatic nitrogens is 1. The summed E-state index contributed by atoms with van der Waals surface area (Å²) in [4.78, 5) is 22.3. The van der Waals surface area contributed by atoms with Crippen LogP contribution in [-0.4, -0.2) is 22.7 Å². The molecule has 0 aliphatic carbocycles. The minimum Gasteiger partial charge on any atom is -0.460 e. The summed E-state index contributed by atoms with van der Waals surface area (Å²) in [5, 5.41) is 0. The van der Waals surface area contributed by atoms with Crippen LogP contribution in [0.4, 0.5) is 0 Å². The summed E-state index contributed by atoms with van der Waals surface area (Å²) < 4.78 is 8.22. The van der Waals surface area contributed by atoms with Crippen LogP contribution in [0.5, 0.6) is 0 Å². The van der Waals surface area contributed by atoms with E-state index in [1.165, 1.54) is 12.3 Å². The van der Waals surface area contributed by atoms with Crippen LogP contribution in [0.3, 0.4) is 0 Å². The van der Waals surface area contributed by atoms with Gasteiger partial charge in [0.05, 0.1) is 6.61 Å². The molecule has 0 aliphatic heterocycles. The predicted molar refractivity (Wildman–Crippen MR) is 43.1 cm³/mol. The fourth-order valence-electron chi connectivity index (χ4n) is 0.630. The second-order valence-corrected chi connectivity index (χ2v) is 2.76. The SMILES string of the molecule is CCOC(=O)C(=O)c1ccns1. The van der Waals surface area contributed by atoms with Gasteiger partial charge in [-0.15, -0.1) is 0 Å². The molecule has 0 radical (unpaired) electrons. The molecule has 0 aliphatic rings. The summed E-state index contributed by atoms with van der Waals surface area (Å²) >= 11 is 0.985. The molecule has 1 rings (SSSR count). The molecule has 0 aromatic carbocycles. The topological polar surface area (TPSA) is 56.3 Å². The minimum atomic E-state index is -0.818. The van der Waals surface area contributed by atoms with Crippen molar-refractivity contribution in [1.82, 2.24) is 4.37 Å². The first-order valence-corrected chi connectivity index (χ1v) is 4.15. The van der Waals surface area contributed by atoms with Crippen molar-refractivity contribution in [2.24, 2.45) is 0 Å². The van der Waals surface area contributed by atoms with Crippen molar-refractivity contribution in [3.63, 3.8) is 0 Å². The minimum absolute atomic E-state index is 0.212. The van der Waals surface area contributed by atoms with Crippen molar-refractivity contribution >= 4 is 23.3 Å². The number of nitrogens with zero attached hydrogens (tertiary/aromatic N) is 1. The fraction of sp³-hybridized carbons (Fsp3) is 0.286. The maximum atomic E-state index is 11.1. The molecular formula is C7H7NO3S. The van der Waals surface area contributed by atoms with Crippen molar-refractivity contribution < 1.29 is 14.3 Å². The second kappa shape index (κ2) is 3.96. The Balaban J connectivity index is 2.66. The first-order valence-electron chi connectivity index (χ1n) is 3.38. The Kier molecular flexibility index (Phi) is 2.93. The third kappa shape index (κ3) is 1.88. The van der Waals surface area contributed by atoms with E-state index < -0.39 is 11.8 Å². The van der Waals surface area contributed by atoms with E-state index in [9.17, 15) is 9.59 Å². The lowest BCUT2D eigenvalue weighted by Crippen LogP contribution is -2.16. The Morgan fingerprint density at radius 2 is 2.42 bits per heavy atom. The summed E-state index contributed by atoms with van der Waals surface area (Å²) in [6.45, 7) is 1.86. The highest BCUT2D eigenvalue weighted by molar-refractivity contribution is 7.09. The van der Waals surface area contributed by atoms with E-state index in [2.05, 4.69) is 9.11 Å². The van der Waals surface area contributed by atoms with E-state index >= 15 is 0 Å². The van der Waals surface area contributed by atoms with Crippen LogP contribution in [0, 0.1) is 0 Å². The Labute approximate surface area is 73.3 Å². The van der Waals surface area contributed by atoms with Crippen LogP contribution < -0.4 is 0 Å². The van der Waals surface area contributed by atoms with Gasteiger partial charge in [-0.3, -0.25) is 4.79 Å². The van der Waals surface area contributed by atoms with Gasteiger partial charge < -0.3 is 4.74 Å². The van der Waals surface area contributed by atoms with Gasteiger partial charge in [0.1, 0.15) is 4.88 Å². The molecule has 0 amide bonds. The number of ketones is 1. The Hall–Kier alpha value is -1.23. The molecule has 0 bridgehead atoms. The summed E-state index contributed by atoms with van der Waals surface area (Å²) in [7, 11) is 0. The molecule has 12 heavy (non-hydrogen) atoms. The van der Waals surface area contributed by atoms with Gasteiger partial charge in [-0.05, 0) is 24.5 Å². The zero-order valence-corrected chi connectivity index (χ0v) is 7.26. The molecule has 5 heteroatoms. The van der Waals surface area contributed by atoms with Crippen LogP contribution in [0.1, 0.15) is 16.6 Å². The van der Waals surface area contributed by atoms with Gasteiger partial charge in [0, 0.05) is 6.20 Å². The van der Waals surface area contributed by atoms with Gasteiger partial charge >= 0.3 is 5.97 Å². The zero-order valence-electron chi connectivity index (χ0n) is 6.44. The van der Waals surface area contributed by atoms with Gasteiger partial charge in [-0.1, -0.05) is 0 Å². The molecule has 1 aromatic rings. The van der Waals surface area contributed by atoms with Crippen molar-refractivity contribution in [3.05, 3.63) is 17.1 Å². The molecular weight excluding hydrogens is 178 g/mol. The second-order valence-electron chi connectivity index (χ2n) is 1.93. The average Bonchev–Trinajstić information content (AvgIpc) is 2.55. The molecule has 0 N–H and O–H groups in total. The normalized spacial score (nSPS) is 9.42. The third-order valence-electron chi connectivity index (χ3n) is 1.12. The quantitative estimate of drug-likeness (QED) is 0.398. The number of carbonyl (C=O) groups is 2. The van der Waals surface area contributed by atoms with E-state index in [1.807, 2.05) is 0 Å². The van der Waals surface area contributed by atoms with Gasteiger partial charge in [0.2, 0.25) is 0 Å². The lowest BCUT2D eigenvalue weighted by molar-refractivity contribution is -0.137. The summed E-state index contributed by atoms with van der Waals surface area (Å²) in [5.74, 6) is -1.44. The Morgan fingerprint density at radius 1 is 1.67 bits per heavy atom. The maximum absolute atomic E-state index is 11.1. The van der Waals surface area contributed by atoms with E-state index in [-0.39, 0.29) is 6.61 Å². The number of carbonyl (C=O) groups excluding carboxylic acids is 2. The van der Waals surface area contributed by atoms with Crippen LogP contribution >= 0.6 is 11.5 Å². The molecule has 4 nitrogen and oxygen atoms in total. The first kappa shape index (κ1) is 8.86. The Morgan fingerprint density at radius 3 is 2.92 bits per heavy atom. The fourth-order valence-corrected chi connectivity index (χ4v) is 1.15. The number of hydrogen-bond acceptors (Lipinski definition) is 5. The number of hydrogen-bond donors (Lipinski definition) is 0. The third-order valence-corrected chi connectivity index (χ3v) is 1.87. The number of rotatable bonds is 3. The van der Waals surface area contributed by atoms with Gasteiger partial charge in [0.15, 0.2) is 0 Å². The van der Waals surface area contributed by atoms with Gasteiger partial charge in [-0.2, -0.15) is 0 Å². The molecule has 0 unspecified atom stereocenters. The molecule has 1 aromatic heterocycles. The number of Topliss-reactive ketones (excluding diaryl/α,β-unsaturated/α-hetero) is 1. The van der Waals surface area contributed by atoms with Crippen LogP contribution in [0.2, 0.25) is 0 Å². The lowest BCUT2D eigenvalue weighted by atomic mass is 10.3. The lowest BCUT2D eigenvalue weighted by Gasteiger charge is -1.96. The molecule has 1 heterocycles. The maximum Gasteiger partial charge on any atom is 0.380 e. The molecule has 64 valence electrons. The van der Waals surface area contributed by atoms with Crippen molar-refractivity contribution in [2.45, 2.75) is 6.92 Å². The summed E-state index contributed by atoms with van der Waals surface area (Å²) in [6, 6.07) is 1.49. The van der Waals surface area contributed by atoms with Crippen molar-refractivity contribution in [3.8, 4) is 0 Å². The van der Waals surface area contributed by atoms with Crippen LogP contribution in [0.15, 0.2) is 12.3 Å². The number of ether oxygens (including phenoxy) is 1. The van der Waals surface area contributed by atoms with E-state index in [4.69, 9.17) is 0 Å². The average molecular weight is 185 g/mol. The smallest absolute Gasteiger partial charge is 0.380 e. The monoisotopic (exact) mass is 185 g/mol. The zero-order chi connectivity index (χ0) is 8.97. The van der Waals surface area contributed by atoms with Crippen LogP contribution in [0.25, 0.3) is 0 Å². The Bertz CT molecular complexity index is 281. The summed E-state index contributed by atoms with van der Waals surface area (Å²) in [5.41, 5.74) is 0. The predicted octanol–water partition coefficient (Wildman–Crippen LogP) is 0.889. The highest BCUT2D eigenvalue weighted by Gasteiger charge is 2.18. The molecule has 0 spiro atoms.